The van der Waals surface area contributed by atoms with Gasteiger partial charge in [-0.15, -0.1) is 20.5 Å². The first kappa shape index (κ1) is 16.7. The molecule has 2 aromatic carbocycles. The van der Waals surface area contributed by atoms with Gasteiger partial charge < -0.3 is 0 Å². The number of nitrogens with zero attached hydrogens (tertiary/aromatic N) is 4. The highest BCUT2D eigenvalue weighted by Crippen LogP contribution is 2.53. The maximum Gasteiger partial charge on any atom is 0.442 e. The summed E-state index contributed by atoms with van der Waals surface area (Å²) >= 11 is 0. The molecule has 0 bridgehead atoms. The monoisotopic (exact) mass is 370 g/mol. The zero-order valence-electron chi connectivity index (χ0n) is 12.7. The normalized spacial score (nSPS) is 19.5. The zero-order valence-corrected chi connectivity index (χ0v) is 12.7. The summed E-state index contributed by atoms with van der Waals surface area (Å²) in [6.07, 6.45) is -9.22. The summed E-state index contributed by atoms with van der Waals surface area (Å²) in [4.78, 5) is 0. The highest BCUT2D eigenvalue weighted by Gasteiger charge is 2.65. The van der Waals surface area contributed by atoms with Crippen LogP contribution in [0, 0.1) is 0 Å². The molecule has 2 aliphatic rings. The van der Waals surface area contributed by atoms with Crippen molar-refractivity contribution in [2.45, 2.75) is 23.7 Å². The van der Waals surface area contributed by atoms with Crippen molar-refractivity contribution in [3.8, 4) is 11.1 Å². The van der Waals surface area contributed by atoms with Gasteiger partial charge in [0.15, 0.2) is 0 Å². The summed E-state index contributed by atoms with van der Waals surface area (Å²) in [5.74, 6) is 0. The molecule has 0 spiro atoms. The molecule has 0 fully saturated rings. The first-order valence-corrected chi connectivity index (χ1v) is 7.32. The summed E-state index contributed by atoms with van der Waals surface area (Å²) in [7, 11) is 0. The van der Waals surface area contributed by atoms with Gasteiger partial charge in [-0.05, 0) is 11.1 Å². The van der Waals surface area contributed by atoms with E-state index in [2.05, 4.69) is 20.5 Å². The van der Waals surface area contributed by atoms with Crippen LogP contribution in [-0.4, -0.2) is 12.4 Å². The van der Waals surface area contributed by atoms with Crippen LogP contribution in [0.5, 0.6) is 0 Å². The molecule has 2 heterocycles. The third-order valence-corrected chi connectivity index (χ3v) is 4.30. The molecule has 0 aliphatic carbocycles. The highest BCUT2D eigenvalue weighted by atomic mass is 19.4. The second-order valence-electron chi connectivity index (χ2n) is 5.89. The molecule has 0 radical (unpaired) electrons. The smallest absolute Gasteiger partial charge is 0.166 e. The van der Waals surface area contributed by atoms with Gasteiger partial charge in [-0.2, -0.15) is 26.3 Å². The molecule has 0 unspecified atom stereocenters. The van der Waals surface area contributed by atoms with E-state index >= 15 is 0 Å². The minimum atomic E-state index is -4.61. The van der Waals surface area contributed by atoms with E-state index < -0.39 is 23.7 Å². The van der Waals surface area contributed by atoms with E-state index in [0.717, 1.165) is 0 Å². The highest BCUT2D eigenvalue weighted by molar-refractivity contribution is 5.64. The van der Waals surface area contributed by atoms with Crippen molar-refractivity contribution >= 4 is 0 Å². The van der Waals surface area contributed by atoms with Crippen molar-refractivity contribution in [2.75, 3.05) is 0 Å². The molecular weight excluding hydrogens is 362 g/mol. The maximum absolute atomic E-state index is 13.0. The Hall–Kier alpha value is -2.78. The molecule has 0 amide bonds. The summed E-state index contributed by atoms with van der Waals surface area (Å²) in [5, 5.41) is 12.5. The Morgan fingerprint density at radius 3 is 0.962 bits per heavy atom. The number of hydrogen-bond donors (Lipinski definition) is 0. The van der Waals surface area contributed by atoms with Crippen molar-refractivity contribution in [3.63, 3.8) is 0 Å². The summed E-state index contributed by atoms with van der Waals surface area (Å²) in [5.41, 5.74) is -4.13. The number of rotatable bonds is 3. The minimum Gasteiger partial charge on any atom is -0.166 e. The van der Waals surface area contributed by atoms with Crippen LogP contribution in [-0.2, 0) is 11.3 Å². The van der Waals surface area contributed by atoms with Crippen molar-refractivity contribution in [2.24, 2.45) is 20.5 Å². The molecule has 134 valence electrons. The number of benzene rings is 2. The van der Waals surface area contributed by atoms with Crippen molar-refractivity contribution < 1.29 is 26.3 Å². The first-order valence-electron chi connectivity index (χ1n) is 7.32. The number of alkyl halides is 6. The van der Waals surface area contributed by atoms with Gasteiger partial charge in [0.2, 0.25) is 0 Å². The van der Waals surface area contributed by atoms with E-state index in [9.17, 15) is 26.3 Å². The van der Waals surface area contributed by atoms with Gasteiger partial charge in [-0.1, -0.05) is 48.5 Å². The Kier molecular flexibility index (Phi) is 3.14. The largest absolute Gasteiger partial charge is 0.442 e. The van der Waals surface area contributed by atoms with Crippen LogP contribution >= 0.6 is 0 Å². The molecule has 0 atom stereocenters. The van der Waals surface area contributed by atoms with E-state index in [-0.39, 0.29) is 11.1 Å². The van der Waals surface area contributed by atoms with E-state index in [1.807, 2.05) is 0 Å². The first-order chi connectivity index (χ1) is 12.1. The van der Waals surface area contributed by atoms with Gasteiger partial charge in [0.05, 0.1) is 0 Å². The lowest BCUT2D eigenvalue weighted by molar-refractivity contribution is -0.166. The fraction of sp³-hybridized carbons (Fsp3) is 0.250. The lowest BCUT2D eigenvalue weighted by atomic mass is 9.96. The van der Waals surface area contributed by atoms with Crippen LogP contribution in [0.2, 0.25) is 0 Å². The molecule has 2 aromatic rings. The second-order valence-corrected chi connectivity index (χ2v) is 5.89. The van der Waals surface area contributed by atoms with Crippen LogP contribution < -0.4 is 0 Å². The number of hydrogen-bond acceptors (Lipinski definition) is 4. The van der Waals surface area contributed by atoms with Crippen LogP contribution in [0.3, 0.4) is 0 Å². The number of halogens is 6. The SMILES string of the molecule is FC(F)(F)C1(c2ccc(-c3ccc(C4(C(F)(F)F)N=N4)cc3)cc2)N=N1. The Bertz CT molecular complexity index is 820. The van der Waals surface area contributed by atoms with E-state index in [1.54, 1.807) is 0 Å². The topological polar surface area (TPSA) is 49.4 Å². The molecule has 4 rings (SSSR count). The Morgan fingerprint density at radius 2 is 0.769 bits per heavy atom. The van der Waals surface area contributed by atoms with Crippen molar-refractivity contribution in [1.29, 1.82) is 0 Å². The van der Waals surface area contributed by atoms with Crippen LogP contribution in [0.4, 0.5) is 26.3 Å². The molecular formula is C16H8F6N4. The Labute approximate surface area is 142 Å². The van der Waals surface area contributed by atoms with Crippen LogP contribution in [0.1, 0.15) is 11.1 Å². The summed E-state index contributed by atoms with van der Waals surface area (Å²) in [6, 6.07) is 10.7. The lowest BCUT2D eigenvalue weighted by Gasteiger charge is -2.16. The van der Waals surface area contributed by atoms with Gasteiger partial charge >= 0.3 is 23.7 Å². The minimum absolute atomic E-state index is 0.114. The predicted molar refractivity (Wildman–Crippen MR) is 77.1 cm³/mol. The molecule has 0 saturated heterocycles. The molecule has 4 nitrogen and oxygen atoms in total. The lowest BCUT2D eigenvalue weighted by Crippen LogP contribution is -2.30. The quantitative estimate of drug-likeness (QED) is 0.621. The molecule has 0 N–H and O–H groups in total. The fourth-order valence-electron chi connectivity index (χ4n) is 2.68. The molecule has 0 aromatic heterocycles. The van der Waals surface area contributed by atoms with Crippen LogP contribution in [0.15, 0.2) is 69.0 Å². The second kappa shape index (κ2) is 4.89. The van der Waals surface area contributed by atoms with Crippen LogP contribution in [0.25, 0.3) is 11.1 Å². The van der Waals surface area contributed by atoms with E-state index in [1.165, 1.54) is 48.5 Å². The molecule has 2 aliphatic heterocycles. The van der Waals surface area contributed by atoms with Gasteiger partial charge in [0.25, 0.3) is 0 Å². The Morgan fingerprint density at radius 1 is 0.500 bits per heavy atom. The zero-order chi connectivity index (χ0) is 18.8. The predicted octanol–water partition coefficient (Wildman–Crippen LogP) is 5.72. The van der Waals surface area contributed by atoms with E-state index in [4.69, 9.17) is 0 Å². The van der Waals surface area contributed by atoms with Crippen molar-refractivity contribution in [1.82, 2.24) is 0 Å². The van der Waals surface area contributed by atoms with Crippen molar-refractivity contribution in [3.05, 3.63) is 59.7 Å². The van der Waals surface area contributed by atoms with Gasteiger partial charge in [0, 0.05) is 11.1 Å². The van der Waals surface area contributed by atoms with Gasteiger partial charge in [-0.3, -0.25) is 0 Å². The van der Waals surface area contributed by atoms with Gasteiger partial charge in [-0.25, -0.2) is 0 Å². The summed E-state index contributed by atoms with van der Waals surface area (Å²) in [6.45, 7) is 0. The third kappa shape index (κ3) is 2.31. The molecule has 10 heteroatoms. The maximum atomic E-state index is 13.0. The summed E-state index contributed by atoms with van der Waals surface area (Å²) < 4.78 is 77.8. The van der Waals surface area contributed by atoms with E-state index in [0.29, 0.717) is 11.1 Å². The molecule has 26 heavy (non-hydrogen) atoms. The average molecular weight is 370 g/mol. The van der Waals surface area contributed by atoms with Gasteiger partial charge in [0.1, 0.15) is 0 Å². The molecule has 0 saturated carbocycles. The third-order valence-electron chi connectivity index (χ3n) is 4.30. The fourth-order valence-corrected chi connectivity index (χ4v) is 2.68. The Balaban J connectivity index is 1.58. The average Bonchev–Trinajstić information content (AvgIpc) is 3.47. The standard InChI is InChI=1S/C16H8F6N4/c17-15(18,19)13(23-24-13)11-5-1-9(2-6-11)10-3-7-12(8-4-10)14(25-26-14)16(20,21)22/h1-8H.